The van der Waals surface area contributed by atoms with Gasteiger partial charge in [0.15, 0.2) is 11.5 Å². The van der Waals surface area contributed by atoms with Crippen LogP contribution < -0.4 is 14.8 Å². The molecule has 0 spiro atoms. The van der Waals surface area contributed by atoms with Crippen molar-refractivity contribution in [1.29, 1.82) is 0 Å². The van der Waals surface area contributed by atoms with E-state index in [0.717, 1.165) is 5.56 Å². The van der Waals surface area contributed by atoms with Gasteiger partial charge in [-0.3, -0.25) is 9.59 Å². The van der Waals surface area contributed by atoms with E-state index in [1.165, 1.54) is 0 Å². The molecule has 0 bridgehead atoms. The molecule has 1 fully saturated rings. The summed E-state index contributed by atoms with van der Waals surface area (Å²) in [6.45, 7) is 3.08. The van der Waals surface area contributed by atoms with E-state index in [0.29, 0.717) is 37.4 Å². The zero-order valence-electron chi connectivity index (χ0n) is 11.9. The molecule has 1 atom stereocenters. The van der Waals surface area contributed by atoms with Crippen molar-refractivity contribution < 1.29 is 19.1 Å². The predicted octanol–water partition coefficient (Wildman–Crippen LogP) is 1.04. The zero-order valence-corrected chi connectivity index (χ0v) is 11.9. The van der Waals surface area contributed by atoms with Crippen molar-refractivity contribution in [3.05, 3.63) is 23.8 Å². The van der Waals surface area contributed by atoms with Crippen LogP contribution in [0, 0.1) is 0 Å². The Balaban J connectivity index is 1.75. The summed E-state index contributed by atoms with van der Waals surface area (Å²) in [4.78, 5) is 25.7. The van der Waals surface area contributed by atoms with Crippen LogP contribution >= 0.6 is 0 Å². The maximum absolute atomic E-state index is 12.0. The minimum absolute atomic E-state index is 0.0175. The monoisotopic (exact) mass is 290 g/mol. The Hall–Kier alpha value is -2.24. The average molecular weight is 290 g/mol. The molecule has 0 aromatic heterocycles. The van der Waals surface area contributed by atoms with Gasteiger partial charge in [-0.2, -0.15) is 0 Å². The number of amides is 2. The smallest absolute Gasteiger partial charge is 0.242 e. The largest absolute Gasteiger partial charge is 0.454 e. The van der Waals surface area contributed by atoms with Crippen LogP contribution in [0.5, 0.6) is 11.5 Å². The van der Waals surface area contributed by atoms with E-state index in [1.54, 1.807) is 4.90 Å². The minimum atomic E-state index is -0.372. The highest BCUT2D eigenvalue weighted by Crippen LogP contribution is 2.33. The molecule has 21 heavy (non-hydrogen) atoms. The average Bonchev–Trinajstić information content (AvgIpc) is 3.06. The number of carbonyl (C=O) groups is 2. The normalized spacial score (nSPS) is 20.0. The van der Waals surface area contributed by atoms with Crippen LogP contribution in [0.1, 0.15) is 25.3 Å². The van der Waals surface area contributed by atoms with Gasteiger partial charge in [0.1, 0.15) is 6.04 Å². The van der Waals surface area contributed by atoms with Crippen LogP contribution in [0.3, 0.4) is 0 Å². The van der Waals surface area contributed by atoms with Crippen molar-refractivity contribution in [2.75, 3.05) is 13.3 Å². The zero-order chi connectivity index (χ0) is 14.8. The molecule has 1 saturated heterocycles. The lowest BCUT2D eigenvalue weighted by atomic mass is 10.1. The fourth-order valence-corrected chi connectivity index (χ4v) is 2.73. The number of benzene rings is 1. The molecule has 1 N–H and O–H groups in total. The Morgan fingerprint density at radius 1 is 1.38 bits per heavy atom. The van der Waals surface area contributed by atoms with Gasteiger partial charge in [-0.15, -0.1) is 0 Å². The van der Waals surface area contributed by atoms with Crippen LogP contribution in [0.25, 0.3) is 0 Å². The number of nitrogens with zero attached hydrogens (tertiary/aromatic N) is 1. The van der Waals surface area contributed by atoms with Crippen molar-refractivity contribution in [2.24, 2.45) is 0 Å². The van der Waals surface area contributed by atoms with Gasteiger partial charge >= 0.3 is 0 Å². The molecule has 0 saturated carbocycles. The van der Waals surface area contributed by atoms with E-state index in [4.69, 9.17) is 9.47 Å². The third-order valence-corrected chi connectivity index (χ3v) is 3.77. The Morgan fingerprint density at radius 2 is 2.19 bits per heavy atom. The summed E-state index contributed by atoms with van der Waals surface area (Å²) < 4.78 is 10.6. The quantitative estimate of drug-likeness (QED) is 0.899. The van der Waals surface area contributed by atoms with Crippen LogP contribution in [0.2, 0.25) is 0 Å². The number of hydrogen-bond donors (Lipinski definition) is 1. The number of likely N-dealkylation sites (N-methyl/N-ethyl adjacent to an activating group) is 1. The van der Waals surface area contributed by atoms with Gasteiger partial charge in [-0.25, -0.2) is 0 Å². The van der Waals surface area contributed by atoms with E-state index >= 15 is 0 Å². The molecule has 6 nitrogen and oxygen atoms in total. The van der Waals surface area contributed by atoms with Crippen molar-refractivity contribution in [2.45, 2.75) is 32.4 Å². The molecule has 6 heteroatoms. The summed E-state index contributed by atoms with van der Waals surface area (Å²) in [5.41, 5.74) is 0.934. The number of ether oxygens (including phenoxy) is 2. The van der Waals surface area contributed by atoms with Gasteiger partial charge in [0.05, 0.1) is 0 Å². The van der Waals surface area contributed by atoms with Gasteiger partial charge in [0, 0.05) is 19.5 Å². The predicted molar refractivity (Wildman–Crippen MR) is 74.8 cm³/mol. The number of nitrogens with one attached hydrogen (secondary N) is 1. The standard InChI is InChI=1S/C15H18N2O4/c1-2-16-15(19)11-4-6-14(18)17(11)8-10-3-5-12-13(7-10)21-9-20-12/h3,5,7,11H,2,4,6,8-9H2,1H3,(H,16,19). The molecular formula is C15H18N2O4. The Kier molecular flexibility index (Phi) is 3.68. The maximum Gasteiger partial charge on any atom is 0.242 e. The van der Waals surface area contributed by atoms with E-state index < -0.39 is 0 Å². The van der Waals surface area contributed by atoms with E-state index in [2.05, 4.69) is 5.32 Å². The summed E-state index contributed by atoms with van der Waals surface area (Å²) in [5, 5.41) is 2.79. The summed E-state index contributed by atoms with van der Waals surface area (Å²) >= 11 is 0. The van der Waals surface area contributed by atoms with Crippen molar-refractivity contribution in [3.8, 4) is 11.5 Å². The molecule has 1 aromatic rings. The Labute approximate surface area is 123 Å². The van der Waals surface area contributed by atoms with Crippen LogP contribution in [0.15, 0.2) is 18.2 Å². The van der Waals surface area contributed by atoms with Gasteiger partial charge in [-0.1, -0.05) is 6.07 Å². The number of rotatable bonds is 4. The first-order chi connectivity index (χ1) is 10.2. The summed E-state index contributed by atoms with van der Waals surface area (Å²) in [6.07, 6.45) is 1.00. The highest BCUT2D eigenvalue weighted by Gasteiger charge is 2.35. The SMILES string of the molecule is CCNC(=O)C1CCC(=O)N1Cc1ccc2c(c1)OCO2. The lowest BCUT2D eigenvalue weighted by Crippen LogP contribution is -2.44. The first-order valence-electron chi connectivity index (χ1n) is 7.14. The number of fused-ring (bicyclic) bond motifs is 1. The van der Waals surface area contributed by atoms with Crippen molar-refractivity contribution in [1.82, 2.24) is 10.2 Å². The second kappa shape index (κ2) is 5.63. The fourth-order valence-electron chi connectivity index (χ4n) is 2.73. The first kappa shape index (κ1) is 13.7. The first-order valence-corrected chi connectivity index (χ1v) is 7.14. The summed E-state index contributed by atoms with van der Waals surface area (Å²) in [5.74, 6) is 1.34. The maximum atomic E-state index is 12.0. The second-order valence-corrected chi connectivity index (χ2v) is 5.16. The molecule has 0 radical (unpaired) electrons. The van der Waals surface area contributed by atoms with Gasteiger partial charge in [-0.05, 0) is 31.0 Å². The molecule has 2 aliphatic heterocycles. The van der Waals surface area contributed by atoms with Crippen molar-refractivity contribution in [3.63, 3.8) is 0 Å². The van der Waals surface area contributed by atoms with Crippen LogP contribution in [-0.4, -0.2) is 36.1 Å². The van der Waals surface area contributed by atoms with E-state index in [9.17, 15) is 9.59 Å². The number of likely N-dealkylation sites (tertiary alicyclic amines) is 1. The molecule has 1 unspecified atom stereocenters. The Morgan fingerprint density at radius 3 is 3.00 bits per heavy atom. The second-order valence-electron chi connectivity index (χ2n) is 5.16. The Bertz CT molecular complexity index is 573. The van der Waals surface area contributed by atoms with E-state index in [-0.39, 0.29) is 24.6 Å². The molecule has 2 heterocycles. The minimum Gasteiger partial charge on any atom is -0.454 e. The van der Waals surface area contributed by atoms with Gasteiger partial charge in [0.2, 0.25) is 18.6 Å². The lowest BCUT2D eigenvalue weighted by molar-refractivity contribution is -0.135. The van der Waals surface area contributed by atoms with E-state index in [1.807, 2.05) is 25.1 Å². The van der Waals surface area contributed by atoms with Crippen LogP contribution in [-0.2, 0) is 16.1 Å². The van der Waals surface area contributed by atoms with Crippen LogP contribution in [0.4, 0.5) is 0 Å². The molecule has 112 valence electrons. The third kappa shape index (κ3) is 2.66. The molecule has 3 rings (SSSR count). The fraction of sp³-hybridized carbons (Fsp3) is 0.467. The molecule has 1 aromatic carbocycles. The summed E-state index contributed by atoms with van der Waals surface area (Å²) in [6, 6.07) is 5.22. The van der Waals surface area contributed by atoms with Crippen molar-refractivity contribution >= 4 is 11.8 Å². The number of hydrogen-bond acceptors (Lipinski definition) is 4. The van der Waals surface area contributed by atoms with Gasteiger partial charge in [0.25, 0.3) is 0 Å². The third-order valence-electron chi connectivity index (χ3n) is 3.77. The highest BCUT2D eigenvalue weighted by molar-refractivity contribution is 5.90. The lowest BCUT2D eigenvalue weighted by Gasteiger charge is -2.24. The highest BCUT2D eigenvalue weighted by atomic mass is 16.7. The molecule has 2 aliphatic rings. The molecular weight excluding hydrogens is 272 g/mol. The molecule has 2 amide bonds. The number of carbonyl (C=O) groups excluding carboxylic acids is 2. The topological polar surface area (TPSA) is 67.9 Å². The molecule has 0 aliphatic carbocycles. The van der Waals surface area contributed by atoms with Gasteiger partial charge < -0.3 is 19.7 Å². The summed E-state index contributed by atoms with van der Waals surface area (Å²) in [7, 11) is 0.